The van der Waals surface area contributed by atoms with E-state index in [-0.39, 0.29) is 5.57 Å². The number of carbonyl (C=O) groups excluding carboxylic acids is 1. The molecule has 17 heavy (non-hydrogen) atoms. The smallest absolute Gasteiger partial charge is 0.153 e. The van der Waals surface area contributed by atoms with Gasteiger partial charge in [-0.2, -0.15) is 5.10 Å². The van der Waals surface area contributed by atoms with Crippen LogP contribution in [-0.4, -0.2) is 21.2 Å². The molecule has 86 valence electrons. The van der Waals surface area contributed by atoms with Crippen molar-refractivity contribution in [1.29, 1.82) is 0 Å². The monoisotopic (exact) mass is 228 g/mol. The Balaban J connectivity index is 2.17. The molecule has 0 fully saturated rings. The number of carbonyl (C=O) groups is 1. The number of allylic oxidation sites excluding steroid dienone is 1. The minimum atomic E-state index is 0.226. The molecule has 1 aromatic heterocycles. The lowest BCUT2D eigenvalue weighted by Crippen LogP contribution is -1.99. The van der Waals surface area contributed by atoms with Crippen molar-refractivity contribution >= 4 is 11.9 Å². The molecule has 4 heteroatoms. The van der Waals surface area contributed by atoms with Crippen LogP contribution in [0.3, 0.4) is 0 Å². The van der Waals surface area contributed by atoms with Crippen LogP contribution in [0.2, 0.25) is 0 Å². The van der Waals surface area contributed by atoms with E-state index in [0.717, 1.165) is 11.8 Å². The molecule has 0 atom stereocenters. The van der Waals surface area contributed by atoms with Crippen molar-refractivity contribution in [3.63, 3.8) is 0 Å². The predicted octanol–water partition coefficient (Wildman–Crippen LogP) is 2.03. The molecule has 0 unspecified atom stereocenters. The third kappa shape index (κ3) is 2.60. The second-order valence-corrected chi connectivity index (χ2v) is 3.61. The van der Waals surface area contributed by atoms with Gasteiger partial charge in [-0.3, -0.25) is 9.48 Å². The summed E-state index contributed by atoms with van der Waals surface area (Å²) in [6.07, 6.45) is 4.67. The average Bonchev–Trinajstić information content (AvgIpc) is 2.81. The molecule has 0 radical (unpaired) electrons. The third-order valence-electron chi connectivity index (χ3n) is 2.42. The standard InChI is InChI=1S/C13H12N2O2/c16-9-13(10-17)12-6-14-15(8-12)7-11-4-2-1-3-5-11/h1-6,8-10,16H,7H2. The maximum absolute atomic E-state index is 10.6. The van der Waals surface area contributed by atoms with Crippen molar-refractivity contribution < 1.29 is 9.90 Å². The molecule has 0 aliphatic heterocycles. The van der Waals surface area contributed by atoms with Gasteiger partial charge in [-0.1, -0.05) is 30.3 Å². The molecule has 1 N–H and O–H groups in total. The molecular formula is C13H12N2O2. The van der Waals surface area contributed by atoms with Gasteiger partial charge in [0.1, 0.15) is 0 Å². The van der Waals surface area contributed by atoms with Crippen LogP contribution in [0.4, 0.5) is 0 Å². The van der Waals surface area contributed by atoms with Gasteiger partial charge in [0.2, 0.25) is 0 Å². The number of benzene rings is 1. The molecule has 0 saturated carbocycles. The van der Waals surface area contributed by atoms with E-state index in [4.69, 9.17) is 5.11 Å². The van der Waals surface area contributed by atoms with Gasteiger partial charge in [0, 0.05) is 11.8 Å². The SMILES string of the molecule is O=CC(=CO)c1cnn(Cc2ccccc2)c1. The maximum atomic E-state index is 10.6. The summed E-state index contributed by atoms with van der Waals surface area (Å²) < 4.78 is 1.72. The number of nitrogens with zero attached hydrogens (tertiary/aromatic N) is 2. The highest BCUT2D eigenvalue weighted by Gasteiger charge is 2.04. The van der Waals surface area contributed by atoms with E-state index in [9.17, 15) is 4.79 Å². The lowest BCUT2D eigenvalue weighted by Gasteiger charge is -2.00. The minimum Gasteiger partial charge on any atom is -0.515 e. The maximum Gasteiger partial charge on any atom is 0.153 e. The minimum absolute atomic E-state index is 0.226. The lowest BCUT2D eigenvalue weighted by atomic mass is 10.2. The first-order valence-corrected chi connectivity index (χ1v) is 5.20. The number of aldehydes is 1. The number of rotatable bonds is 4. The zero-order valence-electron chi connectivity index (χ0n) is 9.15. The van der Waals surface area contributed by atoms with E-state index in [1.54, 1.807) is 17.1 Å². The van der Waals surface area contributed by atoms with Gasteiger partial charge >= 0.3 is 0 Å². The fraction of sp³-hybridized carbons (Fsp3) is 0.0769. The zero-order valence-corrected chi connectivity index (χ0v) is 9.15. The molecule has 0 spiro atoms. The van der Waals surface area contributed by atoms with Crippen LogP contribution in [0.1, 0.15) is 11.1 Å². The van der Waals surface area contributed by atoms with E-state index in [1.165, 1.54) is 0 Å². The molecule has 1 heterocycles. The summed E-state index contributed by atoms with van der Waals surface area (Å²) in [7, 11) is 0. The van der Waals surface area contributed by atoms with Crippen molar-refractivity contribution in [2.24, 2.45) is 0 Å². The summed E-state index contributed by atoms with van der Waals surface area (Å²) in [6, 6.07) is 9.89. The first-order chi connectivity index (χ1) is 8.33. The van der Waals surface area contributed by atoms with E-state index < -0.39 is 0 Å². The Labute approximate surface area is 98.8 Å². The molecular weight excluding hydrogens is 216 g/mol. The zero-order chi connectivity index (χ0) is 12.1. The number of aliphatic hydroxyl groups excluding tert-OH is 1. The Morgan fingerprint density at radius 1 is 1.35 bits per heavy atom. The lowest BCUT2D eigenvalue weighted by molar-refractivity contribution is -0.103. The number of hydrogen-bond acceptors (Lipinski definition) is 3. The molecule has 0 bridgehead atoms. The first-order valence-electron chi connectivity index (χ1n) is 5.20. The van der Waals surface area contributed by atoms with E-state index in [1.807, 2.05) is 30.3 Å². The van der Waals surface area contributed by atoms with Gasteiger partial charge in [-0.15, -0.1) is 0 Å². The van der Waals surface area contributed by atoms with Gasteiger partial charge < -0.3 is 5.11 Å². The van der Waals surface area contributed by atoms with Crippen molar-refractivity contribution in [3.05, 3.63) is 60.1 Å². The second-order valence-electron chi connectivity index (χ2n) is 3.61. The Hall–Kier alpha value is -2.36. The summed E-state index contributed by atoms with van der Waals surface area (Å²) in [5.74, 6) is 0. The molecule has 2 rings (SSSR count). The molecule has 1 aromatic carbocycles. The summed E-state index contributed by atoms with van der Waals surface area (Å²) >= 11 is 0. The topological polar surface area (TPSA) is 55.1 Å². The van der Waals surface area contributed by atoms with Crippen LogP contribution in [0, 0.1) is 0 Å². The van der Waals surface area contributed by atoms with Crippen molar-refractivity contribution in [2.75, 3.05) is 0 Å². The van der Waals surface area contributed by atoms with Gasteiger partial charge in [0.25, 0.3) is 0 Å². The van der Waals surface area contributed by atoms with Crippen molar-refractivity contribution in [1.82, 2.24) is 9.78 Å². The third-order valence-corrected chi connectivity index (χ3v) is 2.42. The fourth-order valence-electron chi connectivity index (χ4n) is 1.54. The van der Waals surface area contributed by atoms with Crippen molar-refractivity contribution in [3.8, 4) is 0 Å². The quantitative estimate of drug-likeness (QED) is 0.495. The highest BCUT2D eigenvalue weighted by Crippen LogP contribution is 2.11. The van der Waals surface area contributed by atoms with Gasteiger partial charge in [-0.25, -0.2) is 0 Å². The van der Waals surface area contributed by atoms with Crippen LogP contribution in [0.15, 0.2) is 49.0 Å². The first kappa shape index (κ1) is 11.1. The molecule has 4 nitrogen and oxygen atoms in total. The normalized spacial score (nSPS) is 11.4. The Morgan fingerprint density at radius 3 is 2.76 bits per heavy atom. The summed E-state index contributed by atoms with van der Waals surface area (Å²) in [5.41, 5.74) is 1.96. The number of aromatic nitrogens is 2. The highest BCUT2D eigenvalue weighted by molar-refractivity contribution is 6.06. The second kappa shape index (κ2) is 5.12. The van der Waals surface area contributed by atoms with Gasteiger partial charge in [0.15, 0.2) is 6.29 Å². The summed E-state index contributed by atoms with van der Waals surface area (Å²) in [4.78, 5) is 10.6. The highest BCUT2D eigenvalue weighted by atomic mass is 16.2. The van der Waals surface area contributed by atoms with Crippen LogP contribution >= 0.6 is 0 Å². The molecule has 0 amide bonds. The molecule has 0 saturated heterocycles. The van der Waals surface area contributed by atoms with E-state index in [0.29, 0.717) is 18.4 Å². The van der Waals surface area contributed by atoms with Crippen LogP contribution in [0.25, 0.3) is 5.57 Å². The van der Waals surface area contributed by atoms with Gasteiger partial charge in [0.05, 0.1) is 24.6 Å². The van der Waals surface area contributed by atoms with Crippen molar-refractivity contribution in [2.45, 2.75) is 6.54 Å². The fourth-order valence-corrected chi connectivity index (χ4v) is 1.54. The molecule has 0 aliphatic carbocycles. The van der Waals surface area contributed by atoms with Gasteiger partial charge in [-0.05, 0) is 5.56 Å². The molecule has 0 aliphatic rings. The average molecular weight is 228 g/mol. The van der Waals surface area contributed by atoms with Crippen LogP contribution in [0.5, 0.6) is 0 Å². The Kier molecular flexibility index (Phi) is 3.35. The molecule has 2 aromatic rings. The van der Waals surface area contributed by atoms with Crippen LogP contribution < -0.4 is 0 Å². The Morgan fingerprint density at radius 2 is 2.12 bits per heavy atom. The number of hydrogen-bond donors (Lipinski definition) is 1. The van der Waals surface area contributed by atoms with E-state index >= 15 is 0 Å². The number of aliphatic hydroxyl groups is 1. The Bertz CT molecular complexity index is 529. The van der Waals surface area contributed by atoms with E-state index in [2.05, 4.69) is 5.10 Å². The summed E-state index contributed by atoms with van der Waals surface area (Å²) in [5, 5.41) is 13.0. The summed E-state index contributed by atoms with van der Waals surface area (Å²) in [6.45, 7) is 0.637. The largest absolute Gasteiger partial charge is 0.515 e. The van der Waals surface area contributed by atoms with Crippen LogP contribution in [-0.2, 0) is 11.3 Å². The predicted molar refractivity (Wildman–Crippen MR) is 64.4 cm³/mol.